The lowest BCUT2D eigenvalue weighted by atomic mass is 10.2. The van der Waals surface area contributed by atoms with E-state index in [2.05, 4.69) is 33.1 Å². The van der Waals surface area contributed by atoms with Crippen LogP contribution < -0.4 is 15.1 Å². The van der Waals surface area contributed by atoms with E-state index in [0.717, 1.165) is 43.4 Å². The minimum absolute atomic E-state index is 0.174. The third-order valence-corrected chi connectivity index (χ3v) is 5.01. The second-order valence-corrected chi connectivity index (χ2v) is 7.06. The van der Waals surface area contributed by atoms with E-state index in [1.54, 1.807) is 6.07 Å². The monoisotopic (exact) mass is 377 g/mol. The third kappa shape index (κ3) is 3.91. The Bertz CT molecular complexity index is 967. The van der Waals surface area contributed by atoms with Gasteiger partial charge in [-0.05, 0) is 37.6 Å². The summed E-state index contributed by atoms with van der Waals surface area (Å²) < 4.78 is 14.1. The molecule has 2 heterocycles. The van der Waals surface area contributed by atoms with Gasteiger partial charge in [0.25, 0.3) is 0 Å². The molecule has 0 aliphatic carbocycles. The maximum Gasteiger partial charge on any atom is 0.227 e. The molecule has 0 unspecified atom stereocenters. The van der Waals surface area contributed by atoms with Gasteiger partial charge in [-0.2, -0.15) is 4.98 Å². The number of hydrogen-bond donors (Lipinski definition) is 1. The number of benzene rings is 2. The quantitative estimate of drug-likeness (QED) is 0.734. The fourth-order valence-electron chi connectivity index (χ4n) is 3.47. The maximum absolute atomic E-state index is 14.1. The number of rotatable bonds is 4. The van der Waals surface area contributed by atoms with Crippen LogP contribution in [0.15, 0.2) is 54.6 Å². The molecule has 2 aromatic carbocycles. The Labute approximate surface area is 164 Å². The first-order valence-electron chi connectivity index (χ1n) is 9.53. The predicted octanol–water partition coefficient (Wildman–Crippen LogP) is 4.30. The summed E-state index contributed by atoms with van der Waals surface area (Å²) in [7, 11) is 0. The van der Waals surface area contributed by atoms with Gasteiger partial charge in [0.1, 0.15) is 11.6 Å². The van der Waals surface area contributed by atoms with E-state index < -0.39 is 0 Å². The van der Waals surface area contributed by atoms with Crippen molar-refractivity contribution in [3.8, 4) is 0 Å². The molecule has 1 aliphatic rings. The first-order chi connectivity index (χ1) is 13.6. The van der Waals surface area contributed by atoms with Crippen LogP contribution in [0.25, 0.3) is 0 Å². The van der Waals surface area contributed by atoms with Gasteiger partial charge in [-0.25, -0.2) is 9.37 Å². The molecular formula is C22H24FN5. The summed E-state index contributed by atoms with van der Waals surface area (Å²) in [6.45, 7) is 7.02. The summed E-state index contributed by atoms with van der Waals surface area (Å²) in [5, 5.41) is 3.40. The van der Waals surface area contributed by atoms with Crippen molar-refractivity contribution in [2.75, 3.05) is 41.3 Å². The lowest BCUT2D eigenvalue weighted by Gasteiger charge is -2.36. The Morgan fingerprint density at radius 3 is 2.29 bits per heavy atom. The van der Waals surface area contributed by atoms with Crippen LogP contribution in [0.2, 0.25) is 0 Å². The lowest BCUT2D eigenvalue weighted by molar-refractivity contribution is 0.594. The molecule has 0 amide bonds. The molecule has 0 atom stereocenters. The van der Waals surface area contributed by atoms with E-state index in [0.29, 0.717) is 11.6 Å². The highest BCUT2D eigenvalue weighted by Crippen LogP contribution is 2.24. The van der Waals surface area contributed by atoms with Crippen LogP contribution in [-0.2, 0) is 0 Å². The normalized spacial score (nSPS) is 14.2. The SMILES string of the molecule is Cc1cc(Nc2ccccc2C)nc(N2CCN(c3ccccc3F)CC2)n1. The van der Waals surface area contributed by atoms with Crippen molar-refractivity contribution in [1.82, 2.24) is 9.97 Å². The molecule has 1 N–H and O–H groups in total. The van der Waals surface area contributed by atoms with Crippen molar-refractivity contribution < 1.29 is 4.39 Å². The van der Waals surface area contributed by atoms with Crippen molar-refractivity contribution in [2.45, 2.75) is 13.8 Å². The number of halogens is 1. The molecule has 1 aromatic heterocycles. The smallest absolute Gasteiger partial charge is 0.227 e. The molecule has 5 nitrogen and oxygen atoms in total. The molecule has 144 valence electrons. The number of nitrogens with zero attached hydrogens (tertiary/aromatic N) is 4. The van der Waals surface area contributed by atoms with Gasteiger partial charge in [-0.3, -0.25) is 0 Å². The highest BCUT2D eigenvalue weighted by atomic mass is 19.1. The first-order valence-corrected chi connectivity index (χ1v) is 9.53. The van der Waals surface area contributed by atoms with E-state index in [1.165, 1.54) is 11.6 Å². The Morgan fingerprint density at radius 1 is 0.857 bits per heavy atom. The van der Waals surface area contributed by atoms with Crippen molar-refractivity contribution >= 4 is 23.1 Å². The third-order valence-electron chi connectivity index (χ3n) is 5.01. The summed E-state index contributed by atoms with van der Waals surface area (Å²) in [6.07, 6.45) is 0. The topological polar surface area (TPSA) is 44.3 Å². The molecule has 0 spiro atoms. The van der Waals surface area contributed by atoms with Gasteiger partial charge < -0.3 is 15.1 Å². The van der Waals surface area contributed by atoms with Crippen LogP contribution in [0.1, 0.15) is 11.3 Å². The average Bonchev–Trinajstić information content (AvgIpc) is 2.70. The number of piperazine rings is 1. The lowest BCUT2D eigenvalue weighted by Crippen LogP contribution is -2.47. The van der Waals surface area contributed by atoms with Gasteiger partial charge in [0, 0.05) is 43.6 Å². The molecule has 0 saturated carbocycles. The van der Waals surface area contributed by atoms with Gasteiger partial charge in [0.05, 0.1) is 5.69 Å². The van der Waals surface area contributed by atoms with E-state index in [4.69, 9.17) is 4.98 Å². The average molecular weight is 377 g/mol. The summed E-state index contributed by atoms with van der Waals surface area (Å²) in [5.41, 5.74) is 3.78. The maximum atomic E-state index is 14.1. The second kappa shape index (κ2) is 7.84. The number of hydrogen-bond acceptors (Lipinski definition) is 5. The molecule has 1 fully saturated rings. The number of aryl methyl sites for hydroxylation is 2. The van der Waals surface area contributed by atoms with Crippen LogP contribution in [0.3, 0.4) is 0 Å². The van der Waals surface area contributed by atoms with E-state index >= 15 is 0 Å². The van der Waals surface area contributed by atoms with Crippen LogP contribution in [0.5, 0.6) is 0 Å². The van der Waals surface area contributed by atoms with E-state index in [9.17, 15) is 4.39 Å². The minimum Gasteiger partial charge on any atom is -0.366 e. The van der Waals surface area contributed by atoms with E-state index in [-0.39, 0.29) is 5.82 Å². The van der Waals surface area contributed by atoms with Crippen molar-refractivity contribution in [2.24, 2.45) is 0 Å². The van der Waals surface area contributed by atoms with Crippen molar-refractivity contribution in [3.05, 3.63) is 71.7 Å². The van der Waals surface area contributed by atoms with Crippen molar-refractivity contribution in [1.29, 1.82) is 0 Å². The van der Waals surface area contributed by atoms with Gasteiger partial charge in [-0.15, -0.1) is 0 Å². The molecule has 6 heteroatoms. The fraction of sp³-hybridized carbons (Fsp3) is 0.273. The largest absolute Gasteiger partial charge is 0.366 e. The number of nitrogens with one attached hydrogen (secondary N) is 1. The molecule has 1 aliphatic heterocycles. The van der Waals surface area contributed by atoms with Gasteiger partial charge >= 0.3 is 0 Å². The van der Waals surface area contributed by atoms with Gasteiger partial charge in [-0.1, -0.05) is 30.3 Å². The Balaban J connectivity index is 1.49. The molecule has 1 saturated heterocycles. The van der Waals surface area contributed by atoms with Crippen molar-refractivity contribution in [3.63, 3.8) is 0 Å². The highest BCUT2D eigenvalue weighted by molar-refractivity contribution is 5.61. The molecule has 0 radical (unpaired) electrons. The second-order valence-electron chi connectivity index (χ2n) is 7.06. The molecule has 28 heavy (non-hydrogen) atoms. The van der Waals surface area contributed by atoms with Crippen LogP contribution in [0.4, 0.5) is 27.5 Å². The highest BCUT2D eigenvalue weighted by Gasteiger charge is 2.21. The van der Waals surface area contributed by atoms with Gasteiger partial charge in [0.2, 0.25) is 5.95 Å². The van der Waals surface area contributed by atoms with Crippen LogP contribution >= 0.6 is 0 Å². The summed E-state index contributed by atoms with van der Waals surface area (Å²) >= 11 is 0. The summed E-state index contributed by atoms with van der Waals surface area (Å²) in [4.78, 5) is 13.6. The zero-order chi connectivity index (χ0) is 19.5. The number of para-hydroxylation sites is 2. The fourth-order valence-corrected chi connectivity index (χ4v) is 3.47. The predicted molar refractivity (Wildman–Crippen MR) is 112 cm³/mol. The minimum atomic E-state index is -0.174. The summed E-state index contributed by atoms with van der Waals surface area (Å²) in [6, 6.07) is 17.0. The molecule has 0 bridgehead atoms. The number of anilines is 4. The Morgan fingerprint density at radius 2 is 1.54 bits per heavy atom. The van der Waals surface area contributed by atoms with Gasteiger partial charge in [0.15, 0.2) is 0 Å². The van der Waals surface area contributed by atoms with E-state index in [1.807, 2.05) is 43.3 Å². The Hall–Kier alpha value is -3.15. The van der Waals surface area contributed by atoms with Crippen LogP contribution in [-0.4, -0.2) is 36.1 Å². The zero-order valence-electron chi connectivity index (χ0n) is 16.2. The first kappa shape index (κ1) is 18.2. The molecule has 3 aromatic rings. The standard InChI is InChI=1S/C22H24FN5/c1-16-7-3-5-9-19(16)25-21-15-17(2)24-22(26-21)28-13-11-27(12-14-28)20-10-6-4-8-18(20)23/h3-10,15H,11-14H2,1-2H3,(H,24,25,26). The Kier molecular flexibility index (Phi) is 5.10. The molecule has 4 rings (SSSR count). The number of aromatic nitrogens is 2. The molecular weight excluding hydrogens is 353 g/mol. The van der Waals surface area contributed by atoms with Crippen LogP contribution in [0, 0.1) is 19.7 Å². The summed E-state index contributed by atoms with van der Waals surface area (Å²) in [5.74, 6) is 1.32. The zero-order valence-corrected chi connectivity index (χ0v) is 16.2.